The predicted molar refractivity (Wildman–Crippen MR) is 59.3 cm³/mol. The molecule has 2 heteroatoms. The van der Waals surface area contributed by atoms with Gasteiger partial charge in [-0.2, -0.15) is 0 Å². The Hall–Kier alpha value is -0.860. The molecule has 2 atom stereocenters. The largest absolute Gasteiger partial charge is 0.312 e. The van der Waals surface area contributed by atoms with Gasteiger partial charge in [0, 0.05) is 18.6 Å². The summed E-state index contributed by atoms with van der Waals surface area (Å²) >= 11 is 0. The molecule has 1 aliphatic heterocycles. The first-order valence-corrected chi connectivity index (χ1v) is 5.38. The molecule has 2 nitrogen and oxygen atoms in total. The molecule has 0 radical (unpaired) electrons. The highest BCUT2D eigenvalue weighted by atomic mass is 15.0. The Morgan fingerprint density at radius 3 is 2.71 bits per heavy atom. The maximum atomic E-state index is 3.57. The zero-order chi connectivity index (χ0) is 9.80. The molecule has 0 aromatic heterocycles. The topological polar surface area (TPSA) is 24.1 Å². The molecule has 2 N–H and O–H groups in total. The number of benzene rings is 1. The van der Waals surface area contributed by atoms with Crippen molar-refractivity contribution in [3.63, 3.8) is 0 Å². The second kappa shape index (κ2) is 4.58. The monoisotopic (exact) mass is 190 g/mol. The molecule has 0 spiro atoms. The number of hydrogen-bond donors (Lipinski definition) is 2. The summed E-state index contributed by atoms with van der Waals surface area (Å²) in [6, 6.07) is 11.8. The zero-order valence-electron chi connectivity index (χ0n) is 8.66. The predicted octanol–water partition coefficient (Wildman–Crippen LogP) is 1.70. The van der Waals surface area contributed by atoms with Crippen molar-refractivity contribution in [3.8, 4) is 0 Å². The molecule has 0 aliphatic carbocycles. The van der Waals surface area contributed by atoms with E-state index in [1.807, 2.05) is 0 Å². The van der Waals surface area contributed by atoms with Gasteiger partial charge in [-0.3, -0.25) is 0 Å². The van der Waals surface area contributed by atoms with Crippen LogP contribution < -0.4 is 10.6 Å². The van der Waals surface area contributed by atoms with E-state index in [4.69, 9.17) is 0 Å². The van der Waals surface area contributed by atoms with Crippen LogP contribution in [-0.2, 0) is 0 Å². The molecule has 1 aromatic carbocycles. The number of nitrogens with one attached hydrogen (secondary N) is 2. The Morgan fingerprint density at radius 1 is 1.14 bits per heavy atom. The van der Waals surface area contributed by atoms with Crippen LogP contribution in [0.1, 0.15) is 24.9 Å². The molecule has 2 rings (SSSR count). The first kappa shape index (κ1) is 9.69. The van der Waals surface area contributed by atoms with Gasteiger partial charge < -0.3 is 10.6 Å². The van der Waals surface area contributed by atoms with Crippen LogP contribution in [0.2, 0.25) is 0 Å². The van der Waals surface area contributed by atoms with Gasteiger partial charge in [0.15, 0.2) is 0 Å². The lowest BCUT2D eigenvalue weighted by molar-refractivity contribution is 0.531. The van der Waals surface area contributed by atoms with Gasteiger partial charge in [0.25, 0.3) is 0 Å². The zero-order valence-corrected chi connectivity index (χ0v) is 8.66. The Bertz CT molecular complexity index is 271. The van der Waals surface area contributed by atoms with Crippen LogP contribution in [0.15, 0.2) is 30.3 Å². The molecule has 1 heterocycles. The second-order valence-corrected chi connectivity index (χ2v) is 4.02. The van der Waals surface area contributed by atoms with E-state index in [2.05, 4.69) is 47.9 Å². The standard InChI is InChI=1S/C12H18N2/c1-10-7-8-13-12(9-14-10)11-5-3-2-4-6-11/h2-6,10,12-14H,7-9H2,1H3. The van der Waals surface area contributed by atoms with Gasteiger partial charge >= 0.3 is 0 Å². The van der Waals surface area contributed by atoms with Crippen LogP contribution >= 0.6 is 0 Å². The molecule has 0 bridgehead atoms. The van der Waals surface area contributed by atoms with Gasteiger partial charge in [0.2, 0.25) is 0 Å². The average molecular weight is 190 g/mol. The lowest BCUT2D eigenvalue weighted by Crippen LogP contribution is -2.29. The van der Waals surface area contributed by atoms with Crippen LogP contribution in [0.4, 0.5) is 0 Å². The highest BCUT2D eigenvalue weighted by molar-refractivity contribution is 5.19. The quantitative estimate of drug-likeness (QED) is 0.704. The Balaban J connectivity index is 2.04. The minimum Gasteiger partial charge on any atom is -0.312 e. The van der Waals surface area contributed by atoms with Crippen molar-refractivity contribution in [3.05, 3.63) is 35.9 Å². The van der Waals surface area contributed by atoms with Gasteiger partial charge in [-0.05, 0) is 25.5 Å². The van der Waals surface area contributed by atoms with Crippen LogP contribution in [0.25, 0.3) is 0 Å². The van der Waals surface area contributed by atoms with E-state index in [9.17, 15) is 0 Å². The van der Waals surface area contributed by atoms with Gasteiger partial charge in [0.05, 0.1) is 0 Å². The lowest BCUT2D eigenvalue weighted by atomic mass is 10.1. The third-order valence-corrected chi connectivity index (χ3v) is 2.84. The average Bonchev–Trinajstić information content (AvgIpc) is 2.44. The molecule has 1 aliphatic rings. The fourth-order valence-corrected chi connectivity index (χ4v) is 1.89. The van der Waals surface area contributed by atoms with Crippen LogP contribution in [0.5, 0.6) is 0 Å². The molecular weight excluding hydrogens is 172 g/mol. The van der Waals surface area contributed by atoms with Crippen molar-refractivity contribution in [1.29, 1.82) is 0 Å². The van der Waals surface area contributed by atoms with Crippen molar-refractivity contribution in [2.24, 2.45) is 0 Å². The van der Waals surface area contributed by atoms with Crippen molar-refractivity contribution in [2.45, 2.75) is 25.4 Å². The SMILES string of the molecule is CC1CCNC(c2ccccc2)CN1. The summed E-state index contributed by atoms with van der Waals surface area (Å²) in [5.41, 5.74) is 1.38. The van der Waals surface area contributed by atoms with Crippen molar-refractivity contribution in [2.75, 3.05) is 13.1 Å². The van der Waals surface area contributed by atoms with E-state index in [1.54, 1.807) is 0 Å². The molecule has 1 aromatic rings. The van der Waals surface area contributed by atoms with Crippen molar-refractivity contribution >= 4 is 0 Å². The molecule has 76 valence electrons. The Kier molecular flexibility index (Phi) is 3.17. The van der Waals surface area contributed by atoms with E-state index in [0.717, 1.165) is 13.1 Å². The van der Waals surface area contributed by atoms with Crippen LogP contribution in [0, 0.1) is 0 Å². The van der Waals surface area contributed by atoms with Crippen LogP contribution in [-0.4, -0.2) is 19.1 Å². The van der Waals surface area contributed by atoms with Crippen molar-refractivity contribution < 1.29 is 0 Å². The molecule has 1 saturated heterocycles. The fraction of sp³-hybridized carbons (Fsp3) is 0.500. The third kappa shape index (κ3) is 2.34. The van der Waals surface area contributed by atoms with Gasteiger partial charge in [0.1, 0.15) is 0 Å². The summed E-state index contributed by atoms with van der Waals surface area (Å²) in [4.78, 5) is 0. The fourth-order valence-electron chi connectivity index (χ4n) is 1.89. The molecule has 14 heavy (non-hydrogen) atoms. The summed E-state index contributed by atoms with van der Waals surface area (Å²) in [7, 11) is 0. The Labute approximate surface area is 85.7 Å². The highest BCUT2D eigenvalue weighted by Crippen LogP contribution is 2.13. The molecule has 1 fully saturated rings. The maximum absolute atomic E-state index is 3.57. The maximum Gasteiger partial charge on any atom is 0.0446 e. The first-order chi connectivity index (χ1) is 6.86. The summed E-state index contributed by atoms with van der Waals surface area (Å²) in [5, 5.41) is 7.10. The summed E-state index contributed by atoms with van der Waals surface area (Å²) in [5.74, 6) is 0. The van der Waals surface area contributed by atoms with Gasteiger partial charge in [-0.25, -0.2) is 0 Å². The van der Waals surface area contributed by atoms with E-state index in [0.29, 0.717) is 12.1 Å². The van der Waals surface area contributed by atoms with E-state index in [1.165, 1.54) is 12.0 Å². The minimum absolute atomic E-state index is 0.473. The highest BCUT2D eigenvalue weighted by Gasteiger charge is 2.15. The van der Waals surface area contributed by atoms with E-state index >= 15 is 0 Å². The summed E-state index contributed by atoms with van der Waals surface area (Å²) < 4.78 is 0. The van der Waals surface area contributed by atoms with Crippen LogP contribution in [0.3, 0.4) is 0 Å². The van der Waals surface area contributed by atoms with E-state index in [-0.39, 0.29) is 0 Å². The molecule has 0 saturated carbocycles. The molecular formula is C12H18N2. The number of hydrogen-bond acceptors (Lipinski definition) is 2. The van der Waals surface area contributed by atoms with Gasteiger partial charge in [-0.1, -0.05) is 30.3 Å². The number of rotatable bonds is 1. The first-order valence-electron chi connectivity index (χ1n) is 5.38. The Morgan fingerprint density at radius 2 is 1.93 bits per heavy atom. The molecule has 2 unspecified atom stereocenters. The lowest BCUT2D eigenvalue weighted by Gasteiger charge is -2.16. The second-order valence-electron chi connectivity index (χ2n) is 4.02. The molecule has 0 amide bonds. The third-order valence-electron chi connectivity index (χ3n) is 2.84. The van der Waals surface area contributed by atoms with E-state index < -0.39 is 0 Å². The van der Waals surface area contributed by atoms with Gasteiger partial charge in [-0.15, -0.1) is 0 Å². The van der Waals surface area contributed by atoms with Crippen molar-refractivity contribution in [1.82, 2.24) is 10.6 Å². The smallest absolute Gasteiger partial charge is 0.0446 e. The minimum atomic E-state index is 0.473. The normalized spacial score (nSPS) is 28.4. The summed E-state index contributed by atoms with van der Waals surface area (Å²) in [6.07, 6.45) is 1.21. The summed E-state index contributed by atoms with van der Waals surface area (Å²) in [6.45, 7) is 4.38.